The van der Waals surface area contributed by atoms with Crippen LogP contribution in [-0.4, -0.2) is 64.8 Å². The van der Waals surface area contributed by atoms with E-state index < -0.39 is 0 Å². The molecular formula is C16H24N4O3. The number of piperazine rings is 1. The van der Waals surface area contributed by atoms with Crippen molar-refractivity contribution in [3.8, 4) is 0 Å². The Morgan fingerprint density at radius 3 is 2.39 bits per heavy atom. The fraction of sp³-hybridized carbons (Fsp3) is 0.562. The van der Waals surface area contributed by atoms with Crippen LogP contribution in [-0.2, 0) is 16.1 Å². The predicted octanol–water partition coefficient (Wildman–Crippen LogP) is 0.319. The van der Waals surface area contributed by atoms with Crippen LogP contribution in [0, 0.1) is 0 Å². The summed E-state index contributed by atoms with van der Waals surface area (Å²) in [4.78, 5) is 39.3. The van der Waals surface area contributed by atoms with Crippen LogP contribution in [0.5, 0.6) is 0 Å². The van der Waals surface area contributed by atoms with Crippen LogP contribution in [0.3, 0.4) is 0 Å². The minimum Gasteiger partial charge on any atom is -0.355 e. The molecule has 126 valence electrons. The SMILES string of the molecule is CCCNC(=O)Cn1cccc1C(=O)N1CCN(C(C)=O)CC1. The number of hydrogen-bond acceptors (Lipinski definition) is 3. The first-order valence-corrected chi connectivity index (χ1v) is 7.99. The van der Waals surface area contributed by atoms with Gasteiger partial charge in [0, 0.05) is 45.8 Å². The lowest BCUT2D eigenvalue weighted by Crippen LogP contribution is -2.50. The Kier molecular flexibility index (Phi) is 5.78. The standard InChI is InChI=1S/C16H24N4O3/c1-3-6-17-15(22)12-20-7-4-5-14(20)16(23)19-10-8-18(9-11-19)13(2)21/h4-5,7H,3,6,8-12H2,1-2H3,(H,17,22). The molecule has 1 aliphatic rings. The minimum absolute atomic E-state index is 0.0352. The van der Waals surface area contributed by atoms with E-state index in [2.05, 4.69) is 5.32 Å². The maximum absolute atomic E-state index is 12.6. The van der Waals surface area contributed by atoms with E-state index in [1.165, 1.54) is 6.92 Å². The van der Waals surface area contributed by atoms with Crippen molar-refractivity contribution in [2.45, 2.75) is 26.8 Å². The molecule has 1 aromatic rings. The summed E-state index contributed by atoms with van der Waals surface area (Å²) in [5.74, 6) is -0.159. The van der Waals surface area contributed by atoms with Gasteiger partial charge in [0.25, 0.3) is 5.91 Å². The van der Waals surface area contributed by atoms with Gasteiger partial charge in [0.15, 0.2) is 0 Å². The molecule has 1 aromatic heterocycles. The molecule has 1 fully saturated rings. The highest BCUT2D eigenvalue weighted by Gasteiger charge is 2.25. The first kappa shape index (κ1) is 17.1. The average molecular weight is 320 g/mol. The fourth-order valence-corrected chi connectivity index (χ4v) is 2.61. The second kappa shape index (κ2) is 7.80. The zero-order valence-corrected chi connectivity index (χ0v) is 13.7. The maximum atomic E-state index is 12.6. The summed E-state index contributed by atoms with van der Waals surface area (Å²) in [6.07, 6.45) is 2.62. The molecule has 1 N–H and O–H groups in total. The minimum atomic E-state index is -0.0986. The van der Waals surface area contributed by atoms with Gasteiger partial charge in [0.1, 0.15) is 12.2 Å². The number of hydrogen-bond donors (Lipinski definition) is 1. The Morgan fingerprint density at radius 1 is 1.13 bits per heavy atom. The van der Waals surface area contributed by atoms with E-state index in [0.717, 1.165) is 6.42 Å². The molecule has 0 aromatic carbocycles. The molecular weight excluding hydrogens is 296 g/mol. The molecule has 0 unspecified atom stereocenters. The van der Waals surface area contributed by atoms with E-state index in [9.17, 15) is 14.4 Å². The summed E-state index contributed by atoms with van der Waals surface area (Å²) in [6.45, 7) is 6.45. The monoisotopic (exact) mass is 320 g/mol. The van der Waals surface area contributed by atoms with Crippen molar-refractivity contribution < 1.29 is 14.4 Å². The molecule has 7 nitrogen and oxygen atoms in total. The Bertz CT molecular complexity index is 574. The summed E-state index contributed by atoms with van der Waals surface area (Å²) in [6, 6.07) is 3.50. The highest BCUT2D eigenvalue weighted by atomic mass is 16.2. The van der Waals surface area contributed by atoms with Gasteiger partial charge in [-0.1, -0.05) is 6.92 Å². The quantitative estimate of drug-likeness (QED) is 0.849. The smallest absolute Gasteiger partial charge is 0.270 e. The molecule has 0 saturated carbocycles. The van der Waals surface area contributed by atoms with Gasteiger partial charge < -0.3 is 19.7 Å². The van der Waals surface area contributed by atoms with Gasteiger partial charge in [-0.3, -0.25) is 14.4 Å². The maximum Gasteiger partial charge on any atom is 0.270 e. The highest BCUT2D eigenvalue weighted by molar-refractivity contribution is 5.93. The molecule has 0 spiro atoms. The Balaban J connectivity index is 1.97. The number of nitrogens with one attached hydrogen (secondary N) is 1. The number of rotatable bonds is 5. The van der Waals surface area contributed by atoms with Gasteiger partial charge in [-0.15, -0.1) is 0 Å². The summed E-state index contributed by atoms with van der Waals surface area (Å²) in [5, 5.41) is 2.81. The molecule has 0 atom stereocenters. The molecule has 7 heteroatoms. The second-order valence-corrected chi connectivity index (χ2v) is 5.67. The van der Waals surface area contributed by atoms with Crippen LogP contribution < -0.4 is 5.32 Å². The third-order valence-corrected chi connectivity index (χ3v) is 3.95. The molecule has 0 bridgehead atoms. The fourth-order valence-electron chi connectivity index (χ4n) is 2.61. The number of amides is 3. The zero-order valence-electron chi connectivity index (χ0n) is 13.7. The third kappa shape index (κ3) is 4.34. The molecule has 0 aliphatic carbocycles. The highest BCUT2D eigenvalue weighted by Crippen LogP contribution is 2.10. The van der Waals surface area contributed by atoms with Crippen molar-refractivity contribution in [3.05, 3.63) is 24.0 Å². The lowest BCUT2D eigenvalue weighted by Gasteiger charge is -2.34. The predicted molar refractivity (Wildman–Crippen MR) is 85.9 cm³/mol. The van der Waals surface area contributed by atoms with Gasteiger partial charge >= 0.3 is 0 Å². The van der Waals surface area contributed by atoms with Gasteiger partial charge in [0.2, 0.25) is 11.8 Å². The van der Waals surface area contributed by atoms with E-state index in [1.807, 2.05) is 6.92 Å². The lowest BCUT2D eigenvalue weighted by molar-refractivity contribution is -0.130. The van der Waals surface area contributed by atoms with E-state index in [-0.39, 0.29) is 24.3 Å². The first-order chi connectivity index (χ1) is 11.0. The largest absolute Gasteiger partial charge is 0.355 e. The number of nitrogens with zero attached hydrogens (tertiary/aromatic N) is 3. The van der Waals surface area contributed by atoms with Gasteiger partial charge in [-0.2, -0.15) is 0 Å². The Morgan fingerprint density at radius 2 is 1.78 bits per heavy atom. The summed E-state index contributed by atoms with van der Waals surface area (Å²) >= 11 is 0. The summed E-state index contributed by atoms with van der Waals surface area (Å²) in [7, 11) is 0. The average Bonchev–Trinajstić information content (AvgIpc) is 3.00. The Labute approximate surface area is 136 Å². The second-order valence-electron chi connectivity index (χ2n) is 5.67. The number of carbonyl (C=O) groups excluding carboxylic acids is 3. The van der Waals surface area contributed by atoms with Gasteiger partial charge in [-0.25, -0.2) is 0 Å². The van der Waals surface area contributed by atoms with Crippen LogP contribution in [0.25, 0.3) is 0 Å². The van der Waals surface area contributed by atoms with Crippen molar-refractivity contribution in [2.24, 2.45) is 0 Å². The van der Waals surface area contributed by atoms with Gasteiger partial charge in [-0.05, 0) is 18.6 Å². The molecule has 2 heterocycles. The Hall–Kier alpha value is -2.31. The van der Waals surface area contributed by atoms with Crippen LogP contribution >= 0.6 is 0 Å². The first-order valence-electron chi connectivity index (χ1n) is 7.99. The van der Waals surface area contributed by atoms with Crippen LogP contribution in [0.4, 0.5) is 0 Å². The molecule has 1 aliphatic heterocycles. The van der Waals surface area contributed by atoms with Crippen LogP contribution in [0.2, 0.25) is 0 Å². The van der Waals surface area contributed by atoms with Crippen molar-refractivity contribution >= 4 is 17.7 Å². The molecule has 23 heavy (non-hydrogen) atoms. The van der Waals surface area contributed by atoms with Crippen molar-refractivity contribution in [1.82, 2.24) is 19.7 Å². The zero-order chi connectivity index (χ0) is 16.8. The van der Waals surface area contributed by atoms with E-state index in [0.29, 0.717) is 38.4 Å². The summed E-state index contributed by atoms with van der Waals surface area (Å²) < 4.78 is 1.67. The summed E-state index contributed by atoms with van der Waals surface area (Å²) in [5.41, 5.74) is 0.507. The number of aromatic nitrogens is 1. The van der Waals surface area contributed by atoms with E-state index in [1.54, 1.807) is 32.7 Å². The van der Waals surface area contributed by atoms with Crippen molar-refractivity contribution in [1.29, 1.82) is 0 Å². The van der Waals surface area contributed by atoms with E-state index >= 15 is 0 Å². The van der Waals surface area contributed by atoms with Gasteiger partial charge in [0.05, 0.1) is 0 Å². The van der Waals surface area contributed by atoms with E-state index in [4.69, 9.17) is 0 Å². The van der Waals surface area contributed by atoms with Crippen LogP contribution in [0.1, 0.15) is 30.8 Å². The van der Waals surface area contributed by atoms with Crippen molar-refractivity contribution in [2.75, 3.05) is 32.7 Å². The lowest BCUT2D eigenvalue weighted by atomic mass is 10.2. The molecule has 0 radical (unpaired) electrons. The molecule has 2 rings (SSSR count). The molecule has 3 amide bonds. The normalized spacial score (nSPS) is 14.7. The topological polar surface area (TPSA) is 74.7 Å². The van der Waals surface area contributed by atoms with Crippen molar-refractivity contribution in [3.63, 3.8) is 0 Å². The van der Waals surface area contributed by atoms with Crippen LogP contribution in [0.15, 0.2) is 18.3 Å². The number of carbonyl (C=O) groups is 3. The molecule has 1 saturated heterocycles. The third-order valence-electron chi connectivity index (χ3n) is 3.95.